The summed E-state index contributed by atoms with van der Waals surface area (Å²) in [5, 5.41) is 0. The van der Waals surface area contributed by atoms with Crippen LogP contribution in [-0.4, -0.2) is 18.8 Å². The Hall–Kier alpha value is -0.520. The van der Waals surface area contributed by atoms with E-state index in [0.717, 1.165) is 25.4 Å². The van der Waals surface area contributed by atoms with Crippen molar-refractivity contribution in [2.24, 2.45) is 11.7 Å². The lowest BCUT2D eigenvalue weighted by molar-refractivity contribution is -0.0279. The Labute approximate surface area is 87.2 Å². The van der Waals surface area contributed by atoms with E-state index in [-0.39, 0.29) is 6.04 Å². The van der Waals surface area contributed by atoms with E-state index in [2.05, 4.69) is 18.8 Å². The van der Waals surface area contributed by atoms with Gasteiger partial charge in [0.2, 0.25) is 0 Å². The van der Waals surface area contributed by atoms with Gasteiger partial charge in [0.15, 0.2) is 0 Å². The molecule has 0 spiro atoms. The molecule has 0 aromatic carbocycles. The van der Waals surface area contributed by atoms with Crippen molar-refractivity contribution in [2.45, 2.75) is 51.7 Å². The summed E-state index contributed by atoms with van der Waals surface area (Å²) < 4.78 is 5.50. The van der Waals surface area contributed by atoms with Gasteiger partial charge in [0.05, 0.1) is 6.10 Å². The molecule has 80 valence electrons. The van der Waals surface area contributed by atoms with Crippen LogP contribution in [0.1, 0.15) is 39.5 Å². The van der Waals surface area contributed by atoms with Crippen molar-refractivity contribution < 1.29 is 4.74 Å². The average Bonchev–Trinajstić information content (AvgIpc) is 2.11. The van der Waals surface area contributed by atoms with Gasteiger partial charge in [-0.2, -0.15) is 0 Å². The van der Waals surface area contributed by atoms with Crippen molar-refractivity contribution in [3.63, 3.8) is 0 Å². The average molecular weight is 195 g/mol. The van der Waals surface area contributed by atoms with Gasteiger partial charge >= 0.3 is 0 Å². The van der Waals surface area contributed by atoms with Crippen LogP contribution in [0, 0.1) is 17.8 Å². The lowest BCUT2D eigenvalue weighted by Crippen LogP contribution is -2.35. The maximum atomic E-state index is 5.95. The summed E-state index contributed by atoms with van der Waals surface area (Å²) in [6.07, 6.45) is 4.85. The van der Waals surface area contributed by atoms with Crippen molar-refractivity contribution in [2.75, 3.05) is 6.61 Å². The molecule has 14 heavy (non-hydrogen) atoms. The van der Waals surface area contributed by atoms with Gasteiger partial charge < -0.3 is 10.5 Å². The van der Waals surface area contributed by atoms with Gasteiger partial charge in [-0.1, -0.05) is 0 Å². The van der Waals surface area contributed by atoms with Gasteiger partial charge in [-0.05, 0) is 39.0 Å². The van der Waals surface area contributed by atoms with Crippen LogP contribution in [0.4, 0.5) is 0 Å². The van der Waals surface area contributed by atoms with Gasteiger partial charge in [0, 0.05) is 19.1 Å². The molecule has 0 saturated heterocycles. The number of rotatable bonds is 5. The maximum Gasteiger partial charge on any atom is 0.0580 e. The molecule has 0 heterocycles. The molecule has 2 nitrogen and oxygen atoms in total. The van der Waals surface area contributed by atoms with Gasteiger partial charge in [-0.15, -0.1) is 11.8 Å². The molecule has 0 aliphatic heterocycles. The molecule has 1 fully saturated rings. The molecule has 1 unspecified atom stereocenters. The lowest BCUT2D eigenvalue weighted by Gasteiger charge is -2.36. The molecule has 0 amide bonds. The van der Waals surface area contributed by atoms with Gasteiger partial charge in [0.25, 0.3) is 0 Å². The van der Waals surface area contributed by atoms with Crippen molar-refractivity contribution in [3.05, 3.63) is 0 Å². The Morgan fingerprint density at radius 1 is 1.50 bits per heavy atom. The zero-order valence-electron chi connectivity index (χ0n) is 9.25. The van der Waals surface area contributed by atoms with Crippen LogP contribution in [0.25, 0.3) is 0 Å². The molecule has 0 bridgehead atoms. The van der Waals surface area contributed by atoms with Crippen molar-refractivity contribution in [1.82, 2.24) is 0 Å². The van der Waals surface area contributed by atoms with Crippen molar-refractivity contribution in [3.8, 4) is 11.8 Å². The maximum absolute atomic E-state index is 5.95. The van der Waals surface area contributed by atoms with Gasteiger partial charge in [-0.3, -0.25) is 0 Å². The third-order valence-electron chi connectivity index (χ3n) is 2.77. The lowest BCUT2D eigenvalue weighted by atomic mass is 9.78. The fourth-order valence-corrected chi connectivity index (χ4v) is 1.98. The van der Waals surface area contributed by atoms with Crippen LogP contribution in [0.5, 0.6) is 0 Å². The summed E-state index contributed by atoms with van der Waals surface area (Å²) in [4.78, 5) is 0. The minimum atomic E-state index is 0.259. The Kier molecular flexibility index (Phi) is 5.00. The van der Waals surface area contributed by atoms with Crippen LogP contribution < -0.4 is 5.73 Å². The number of hydrogen-bond donors (Lipinski definition) is 1. The van der Waals surface area contributed by atoms with E-state index in [1.165, 1.54) is 12.8 Å². The molecule has 1 atom stereocenters. The summed E-state index contributed by atoms with van der Waals surface area (Å²) in [5.41, 5.74) is 5.95. The third-order valence-corrected chi connectivity index (χ3v) is 2.77. The minimum absolute atomic E-state index is 0.259. The highest BCUT2D eigenvalue weighted by Crippen LogP contribution is 2.33. The first-order valence-electron chi connectivity index (χ1n) is 5.53. The van der Waals surface area contributed by atoms with Crippen molar-refractivity contribution in [1.29, 1.82) is 0 Å². The highest BCUT2D eigenvalue weighted by atomic mass is 16.5. The van der Waals surface area contributed by atoms with E-state index >= 15 is 0 Å². The van der Waals surface area contributed by atoms with E-state index in [9.17, 15) is 0 Å². The fourth-order valence-electron chi connectivity index (χ4n) is 1.98. The molecule has 0 aromatic heterocycles. The molecule has 1 aliphatic rings. The SMILES string of the molecule is CC#CCC(N)CC1CC(OCC)C1. The summed E-state index contributed by atoms with van der Waals surface area (Å²) in [7, 11) is 0. The smallest absolute Gasteiger partial charge is 0.0580 e. The molecule has 0 aromatic rings. The first-order chi connectivity index (χ1) is 6.76. The third kappa shape index (κ3) is 3.69. The normalized spacial score (nSPS) is 27.4. The van der Waals surface area contributed by atoms with E-state index in [0.29, 0.717) is 6.10 Å². The number of ether oxygens (including phenoxy) is 1. The number of hydrogen-bond acceptors (Lipinski definition) is 2. The van der Waals surface area contributed by atoms with Crippen LogP contribution in [0.15, 0.2) is 0 Å². The molecule has 0 radical (unpaired) electrons. The van der Waals surface area contributed by atoms with Crippen LogP contribution in [0.2, 0.25) is 0 Å². The quantitative estimate of drug-likeness (QED) is 0.680. The zero-order valence-corrected chi connectivity index (χ0v) is 9.25. The summed E-state index contributed by atoms with van der Waals surface area (Å²) >= 11 is 0. The molecule has 1 rings (SSSR count). The second-order valence-corrected chi connectivity index (χ2v) is 4.04. The van der Waals surface area contributed by atoms with E-state index < -0.39 is 0 Å². The highest BCUT2D eigenvalue weighted by Gasteiger charge is 2.30. The van der Waals surface area contributed by atoms with Crippen LogP contribution in [-0.2, 0) is 4.74 Å². The Morgan fingerprint density at radius 3 is 2.79 bits per heavy atom. The predicted octanol–water partition coefficient (Wildman–Crippen LogP) is 1.93. The Bertz CT molecular complexity index is 210. The molecular formula is C12H21NO. The Morgan fingerprint density at radius 2 is 2.21 bits per heavy atom. The standard InChI is InChI=1S/C12H21NO/c1-3-5-6-11(13)7-10-8-12(9-10)14-4-2/h10-12H,4,6-9,13H2,1-2H3. The van der Waals surface area contributed by atoms with E-state index in [1.807, 2.05) is 6.92 Å². The molecule has 2 heteroatoms. The van der Waals surface area contributed by atoms with Gasteiger partial charge in [0.1, 0.15) is 0 Å². The first kappa shape index (κ1) is 11.6. The second-order valence-electron chi connectivity index (χ2n) is 4.04. The summed E-state index contributed by atoms with van der Waals surface area (Å²) in [6, 6.07) is 0.259. The van der Waals surface area contributed by atoms with Crippen molar-refractivity contribution >= 4 is 0 Å². The molecule has 1 saturated carbocycles. The summed E-state index contributed by atoms with van der Waals surface area (Å²) in [5.74, 6) is 6.69. The fraction of sp³-hybridized carbons (Fsp3) is 0.833. The van der Waals surface area contributed by atoms with E-state index in [4.69, 9.17) is 10.5 Å². The predicted molar refractivity (Wildman–Crippen MR) is 58.8 cm³/mol. The minimum Gasteiger partial charge on any atom is -0.378 e. The highest BCUT2D eigenvalue weighted by molar-refractivity contribution is 4.98. The summed E-state index contributed by atoms with van der Waals surface area (Å²) in [6.45, 7) is 4.75. The zero-order chi connectivity index (χ0) is 10.4. The monoisotopic (exact) mass is 195 g/mol. The molecule has 1 aliphatic carbocycles. The Balaban J connectivity index is 2.06. The van der Waals surface area contributed by atoms with E-state index in [1.54, 1.807) is 0 Å². The second kappa shape index (κ2) is 6.06. The first-order valence-corrected chi connectivity index (χ1v) is 5.53. The van der Waals surface area contributed by atoms with Crippen LogP contribution >= 0.6 is 0 Å². The largest absolute Gasteiger partial charge is 0.378 e. The molecule has 2 N–H and O–H groups in total. The van der Waals surface area contributed by atoms with Crippen LogP contribution in [0.3, 0.4) is 0 Å². The topological polar surface area (TPSA) is 35.2 Å². The number of nitrogens with two attached hydrogens (primary N) is 1. The van der Waals surface area contributed by atoms with Gasteiger partial charge in [-0.25, -0.2) is 0 Å². The molecular weight excluding hydrogens is 174 g/mol.